The van der Waals surface area contributed by atoms with Crippen LogP contribution in [-0.4, -0.2) is 35.5 Å². The van der Waals surface area contributed by atoms with Crippen molar-refractivity contribution >= 4 is 29.7 Å². The normalized spacial score (nSPS) is 18.2. The molecule has 6 heteroatoms. The summed E-state index contributed by atoms with van der Waals surface area (Å²) in [5, 5.41) is 15.8. The van der Waals surface area contributed by atoms with Crippen molar-refractivity contribution in [2.24, 2.45) is 5.92 Å². The lowest BCUT2D eigenvalue weighted by molar-refractivity contribution is -0.138. The highest BCUT2D eigenvalue weighted by Crippen LogP contribution is 2.23. The maximum atomic E-state index is 13.0. The van der Waals surface area contributed by atoms with Crippen LogP contribution in [0.1, 0.15) is 29.4 Å². The Morgan fingerprint density at radius 3 is 2.72 bits per heavy atom. The molecule has 0 spiro atoms. The van der Waals surface area contributed by atoms with Crippen molar-refractivity contribution in [1.29, 1.82) is 0 Å². The summed E-state index contributed by atoms with van der Waals surface area (Å²) < 4.78 is 0. The first-order valence-corrected chi connectivity index (χ1v) is 9.37. The molecule has 1 aliphatic heterocycles. The van der Waals surface area contributed by atoms with E-state index in [4.69, 9.17) is 0 Å². The summed E-state index contributed by atoms with van der Waals surface area (Å²) in [7, 11) is 0. The Hall–Kier alpha value is -1.40. The highest BCUT2D eigenvalue weighted by molar-refractivity contribution is 7.10. The molecule has 1 aromatic carbocycles. The van der Waals surface area contributed by atoms with Gasteiger partial charge in [-0.25, -0.2) is 0 Å². The fourth-order valence-electron chi connectivity index (χ4n) is 3.14. The van der Waals surface area contributed by atoms with Gasteiger partial charge in [0.1, 0.15) is 6.10 Å². The Morgan fingerprint density at radius 1 is 1.28 bits per heavy atom. The molecule has 0 bridgehead atoms. The maximum absolute atomic E-state index is 13.0. The van der Waals surface area contributed by atoms with Crippen LogP contribution in [0.5, 0.6) is 0 Å². The minimum absolute atomic E-state index is 0. The van der Waals surface area contributed by atoms with Crippen molar-refractivity contribution in [1.82, 2.24) is 10.2 Å². The summed E-state index contributed by atoms with van der Waals surface area (Å²) in [5.41, 5.74) is 1.09. The number of nitrogens with zero attached hydrogens (tertiary/aromatic N) is 1. The number of halogens is 1. The molecule has 1 amide bonds. The lowest BCUT2D eigenvalue weighted by Crippen LogP contribution is -2.44. The third kappa shape index (κ3) is 5.54. The second-order valence-electron chi connectivity index (χ2n) is 6.28. The van der Waals surface area contributed by atoms with E-state index >= 15 is 0 Å². The summed E-state index contributed by atoms with van der Waals surface area (Å²) in [5.74, 6) is 0.152. The second kappa shape index (κ2) is 9.92. The summed E-state index contributed by atoms with van der Waals surface area (Å²) >= 11 is 1.53. The minimum Gasteiger partial charge on any atom is -0.386 e. The van der Waals surface area contributed by atoms with Crippen LogP contribution in [0.25, 0.3) is 0 Å². The summed E-state index contributed by atoms with van der Waals surface area (Å²) in [6.45, 7) is 2.60. The SMILES string of the molecule is Cl.O=C(C1CCCNC1)N(Cc1ccccc1)CC(O)c1cccs1. The molecule has 2 N–H and O–H groups in total. The van der Waals surface area contributed by atoms with Crippen LogP contribution in [-0.2, 0) is 11.3 Å². The number of hydrogen-bond donors (Lipinski definition) is 2. The predicted octanol–water partition coefficient (Wildman–Crippen LogP) is 3.23. The first-order valence-electron chi connectivity index (χ1n) is 8.49. The molecule has 2 heterocycles. The van der Waals surface area contributed by atoms with Crippen molar-refractivity contribution in [3.63, 3.8) is 0 Å². The molecule has 0 radical (unpaired) electrons. The van der Waals surface area contributed by atoms with E-state index in [1.54, 1.807) is 0 Å². The molecule has 2 unspecified atom stereocenters. The molecule has 2 atom stereocenters. The number of aliphatic hydroxyl groups is 1. The second-order valence-corrected chi connectivity index (χ2v) is 7.26. The number of benzene rings is 1. The number of amides is 1. The number of carbonyl (C=O) groups is 1. The van der Waals surface area contributed by atoms with Gasteiger partial charge < -0.3 is 15.3 Å². The highest BCUT2D eigenvalue weighted by Gasteiger charge is 2.27. The Kier molecular flexibility index (Phi) is 7.90. The van der Waals surface area contributed by atoms with Crippen LogP contribution >= 0.6 is 23.7 Å². The minimum atomic E-state index is -0.630. The van der Waals surface area contributed by atoms with Gasteiger partial charge in [0.15, 0.2) is 0 Å². The Labute approximate surface area is 159 Å². The predicted molar refractivity (Wildman–Crippen MR) is 104 cm³/mol. The van der Waals surface area contributed by atoms with E-state index < -0.39 is 6.10 Å². The molecule has 4 nitrogen and oxygen atoms in total. The molecule has 0 saturated carbocycles. The first-order chi connectivity index (χ1) is 11.7. The van der Waals surface area contributed by atoms with Gasteiger partial charge >= 0.3 is 0 Å². The molecule has 1 aromatic heterocycles. The Morgan fingerprint density at radius 2 is 2.08 bits per heavy atom. The van der Waals surface area contributed by atoms with E-state index in [-0.39, 0.29) is 24.2 Å². The maximum Gasteiger partial charge on any atom is 0.227 e. The third-order valence-electron chi connectivity index (χ3n) is 4.44. The van der Waals surface area contributed by atoms with Crippen molar-refractivity contribution < 1.29 is 9.90 Å². The first kappa shape index (κ1) is 19.9. The number of carbonyl (C=O) groups excluding carboxylic acids is 1. The number of nitrogens with one attached hydrogen (secondary N) is 1. The van der Waals surface area contributed by atoms with Crippen LogP contribution in [0.15, 0.2) is 47.8 Å². The summed E-state index contributed by atoms with van der Waals surface area (Å²) in [6, 6.07) is 13.8. The van der Waals surface area contributed by atoms with E-state index in [9.17, 15) is 9.90 Å². The zero-order valence-corrected chi connectivity index (χ0v) is 15.8. The molecule has 2 aromatic rings. The number of thiophene rings is 1. The molecular formula is C19H25ClN2O2S. The van der Waals surface area contributed by atoms with E-state index in [0.717, 1.165) is 36.4 Å². The van der Waals surface area contributed by atoms with Gasteiger partial charge in [0.25, 0.3) is 0 Å². The van der Waals surface area contributed by atoms with Gasteiger partial charge in [-0.15, -0.1) is 23.7 Å². The molecule has 25 heavy (non-hydrogen) atoms. The van der Waals surface area contributed by atoms with Gasteiger partial charge in [-0.1, -0.05) is 36.4 Å². The van der Waals surface area contributed by atoms with Crippen LogP contribution in [0.2, 0.25) is 0 Å². The van der Waals surface area contributed by atoms with E-state index in [2.05, 4.69) is 5.32 Å². The van der Waals surface area contributed by atoms with Crippen molar-refractivity contribution in [2.45, 2.75) is 25.5 Å². The zero-order valence-electron chi connectivity index (χ0n) is 14.1. The van der Waals surface area contributed by atoms with Gasteiger partial charge in [0.05, 0.1) is 12.5 Å². The lowest BCUT2D eigenvalue weighted by atomic mass is 9.97. The van der Waals surface area contributed by atoms with E-state index in [0.29, 0.717) is 13.1 Å². The highest BCUT2D eigenvalue weighted by atomic mass is 35.5. The van der Waals surface area contributed by atoms with E-state index in [1.165, 1.54) is 11.3 Å². The van der Waals surface area contributed by atoms with Gasteiger partial charge in [-0.3, -0.25) is 4.79 Å². The van der Waals surface area contributed by atoms with Crippen LogP contribution < -0.4 is 5.32 Å². The van der Waals surface area contributed by atoms with Crippen molar-refractivity contribution in [3.8, 4) is 0 Å². The smallest absolute Gasteiger partial charge is 0.227 e. The lowest BCUT2D eigenvalue weighted by Gasteiger charge is -2.31. The largest absolute Gasteiger partial charge is 0.386 e. The van der Waals surface area contributed by atoms with Crippen LogP contribution in [0, 0.1) is 5.92 Å². The molecule has 1 saturated heterocycles. The fourth-order valence-corrected chi connectivity index (χ4v) is 3.84. The standard InChI is InChI=1S/C19H24N2O2S.ClH/c22-17(18-9-5-11-24-18)14-21(13-15-6-2-1-3-7-15)19(23)16-8-4-10-20-12-16;/h1-3,5-7,9,11,16-17,20,22H,4,8,10,12-14H2;1H. The molecule has 1 aliphatic rings. The number of rotatable bonds is 6. The quantitative estimate of drug-likeness (QED) is 0.808. The van der Waals surface area contributed by atoms with E-state index in [1.807, 2.05) is 52.7 Å². The topological polar surface area (TPSA) is 52.6 Å². The zero-order chi connectivity index (χ0) is 16.8. The van der Waals surface area contributed by atoms with Gasteiger partial charge in [-0.05, 0) is 36.4 Å². The molecule has 136 valence electrons. The van der Waals surface area contributed by atoms with Gasteiger partial charge in [-0.2, -0.15) is 0 Å². The average molecular weight is 381 g/mol. The molecule has 1 fully saturated rings. The Bertz CT molecular complexity index is 630. The van der Waals surface area contributed by atoms with Gasteiger partial charge in [0, 0.05) is 18.0 Å². The van der Waals surface area contributed by atoms with Gasteiger partial charge in [0.2, 0.25) is 5.91 Å². The third-order valence-corrected chi connectivity index (χ3v) is 5.41. The number of hydrogen-bond acceptors (Lipinski definition) is 4. The average Bonchev–Trinajstić information content (AvgIpc) is 3.17. The monoisotopic (exact) mass is 380 g/mol. The van der Waals surface area contributed by atoms with Crippen molar-refractivity contribution in [2.75, 3.05) is 19.6 Å². The number of piperidine rings is 1. The number of aliphatic hydroxyl groups excluding tert-OH is 1. The van der Waals surface area contributed by atoms with Crippen molar-refractivity contribution in [3.05, 3.63) is 58.3 Å². The Balaban J connectivity index is 0.00000225. The fraction of sp³-hybridized carbons (Fsp3) is 0.421. The molecular weight excluding hydrogens is 356 g/mol. The van der Waals surface area contributed by atoms with Crippen LogP contribution in [0.3, 0.4) is 0 Å². The van der Waals surface area contributed by atoms with Crippen LogP contribution in [0.4, 0.5) is 0 Å². The summed E-state index contributed by atoms with van der Waals surface area (Å²) in [6.07, 6.45) is 1.32. The molecule has 0 aliphatic carbocycles. The summed E-state index contributed by atoms with van der Waals surface area (Å²) in [4.78, 5) is 15.7. The molecule has 3 rings (SSSR count).